The third-order valence-electron chi connectivity index (χ3n) is 2.79. The first kappa shape index (κ1) is 11.5. The van der Waals surface area contributed by atoms with Gasteiger partial charge < -0.3 is 0 Å². The molecule has 1 heterocycles. The average molecular weight is 350 g/mol. The van der Waals surface area contributed by atoms with Crippen molar-refractivity contribution in [2.24, 2.45) is 0 Å². The van der Waals surface area contributed by atoms with Crippen LogP contribution in [0.3, 0.4) is 0 Å². The normalized spacial score (nSPS) is 10.7. The number of hydrogen-bond acceptors (Lipinski definition) is 2. The second-order valence-corrected chi connectivity index (χ2v) is 7.08. The van der Waals surface area contributed by atoms with E-state index in [1.54, 1.807) is 18.2 Å². The van der Waals surface area contributed by atoms with Crippen LogP contribution in [0.15, 0.2) is 59.4 Å². The number of phenols is 1. The van der Waals surface area contributed by atoms with Crippen LogP contribution in [0.25, 0.3) is 17.9 Å². The van der Waals surface area contributed by atoms with Crippen molar-refractivity contribution in [2.45, 2.75) is 0 Å². The molecule has 2 nitrogen and oxygen atoms in total. The third kappa shape index (κ3) is 1.96. The Labute approximate surface area is 114 Å². The van der Waals surface area contributed by atoms with E-state index in [1.807, 2.05) is 36.4 Å². The molecule has 0 bridgehead atoms. The van der Waals surface area contributed by atoms with Crippen LogP contribution < -0.4 is 5.43 Å². The van der Waals surface area contributed by atoms with Crippen molar-refractivity contribution in [3.8, 4) is 14.9 Å². The van der Waals surface area contributed by atoms with Gasteiger partial charge in [0, 0.05) is 0 Å². The molecule has 0 saturated carbocycles. The minimum atomic E-state index is -0.612. The molecule has 1 N–H and O–H groups in total. The summed E-state index contributed by atoms with van der Waals surface area (Å²) in [5.74, 6) is 0.103. The maximum atomic E-state index is 12.1. The molecular formula is C15H10O2Te. The molecule has 1 aromatic heterocycles. The monoisotopic (exact) mass is 352 g/mol. The Morgan fingerprint density at radius 1 is 0.944 bits per heavy atom. The minimum absolute atomic E-state index is 0.0849. The van der Waals surface area contributed by atoms with Crippen LogP contribution in [0.1, 0.15) is 0 Å². The summed E-state index contributed by atoms with van der Waals surface area (Å²) in [7, 11) is 0. The van der Waals surface area contributed by atoms with Crippen molar-refractivity contribution < 1.29 is 5.11 Å². The van der Waals surface area contributed by atoms with Crippen LogP contribution in [0.5, 0.6) is 5.75 Å². The van der Waals surface area contributed by atoms with Crippen LogP contribution in [0.2, 0.25) is 0 Å². The standard InChI is InChI=1S/C15H10O2Te/c16-11-7-4-8-13-15(11)12(17)9-14(18-13)10-5-2-1-3-6-10/h1-9,16H. The molecule has 0 amide bonds. The Kier molecular flexibility index (Phi) is 2.95. The molecule has 0 aliphatic rings. The van der Waals surface area contributed by atoms with E-state index in [4.69, 9.17) is 0 Å². The Balaban J connectivity index is 2.33. The Morgan fingerprint density at radius 3 is 2.50 bits per heavy atom. The van der Waals surface area contributed by atoms with Gasteiger partial charge in [0.15, 0.2) is 0 Å². The second-order valence-electron chi connectivity index (χ2n) is 3.99. The molecule has 2 aromatic carbocycles. The van der Waals surface area contributed by atoms with Gasteiger partial charge >= 0.3 is 114 Å². The molecule has 0 radical (unpaired) electrons. The van der Waals surface area contributed by atoms with E-state index < -0.39 is 20.4 Å². The van der Waals surface area contributed by atoms with Gasteiger partial charge in [-0.25, -0.2) is 0 Å². The van der Waals surface area contributed by atoms with E-state index in [1.165, 1.54) is 0 Å². The van der Waals surface area contributed by atoms with Gasteiger partial charge in [-0.1, -0.05) is 0 Å². The predicted octanol–water partition coefficient (Wildman–Crippen LogP) is 2.63. The van der Waals surface area contributed by atoms with Crippen LogP contribution in [0, 0.1) is 0 Å². The molecule has 0 spiro atoms. The Bertz CT molecular complexity index is 760. The van der Waals surface area contributed by atoms with Crippen molar-refractivity contribution in [1.82, 2.24) is 0 Å². The van der Waals surface area contributed by atoms with E-state index in [2.05, 4.69) is 0 Å². The summed E-state index contributed by atoms with van der Waals surface area (Å²) in [4.78, 5) is 12.1. The quantitative estimate of drug-likeness (QED) is 0.686. The molecule has 18 heavy (non-hydrogen) atoms. The van der Waals surface area contributed by atoms with Gasteiger partial charge in [-0.15, -0.1) is 0 Å². The van der Waals surface area contributed by atoms with Crippen molar-refractivity contribution >= 4 is 29.2 Å². The van der Waals surface area contributed by atoms with E-state index in [0.717, 1.165) is 12.5 Å². The number of hydrogen-bond donors (Lipinski definition) is 1. The van der Waals surface area contributed by atoms with E-state index in [-0.39, 0.29) is 11.2 Å². The summed E-state index contributed by atoms with van der Waals surface area (Å²) >= 11 is -0.612. The third-order valence-corrected chi connectivity index (χ3v) is 6.03. The van der Waals surface area contributed by atoms with Gasteiger partial charge in [0.2, 0.25) is 0 Å². The second kappa shape index (κ2) is 4.61. The van der Waals surface area contributed by atoms with Gasteiger partial charge in [-0.05, 0) is 0 Å². The zero-order valence-electron chi connectivity index (χ0n) is 9.46. The van der Waals surface area contributed by atoms with Crippen molar-refractivity contribution in [2.75, 3.05) is 0 Å². The summed E-state index contributed by atoms with van der Waals surface area (Å²) in [5, 5.41) is 10.3. The summed E-state index contributed by atoms with van der Waals surface area (Å²) in [6, 6.07) is 17.0. The summed E-state index contributed by atoms with van der Waals surface area (Å²) in [6.45, 7) is 0. The van der Waals surface area contributed by atoms with E-state index >= 15 is 0 Å². The summed E-state index contributed by atoms with van der Waals surface area (Å²) < 4.78 is 2.15. The molecule has 0 aliphatic heterocycles. The molecule has 3 rings (SSSR count). The fraction of sp³-hybridized carbons (Fsp3) is 0. The van der Waals surface area contributed by atoms with Gasteiger partial charge in [0.25, 0.3) is 0 Å². The van der Waals surface area contributed by atoms with Crippen molar-refractivity contribution in [1.29, 1.82) is 0 Å². The fourth-order valence-corrected chi connectivity index (χ4v) is 5.11. The molecule has 0 unspecified atom stereocenters. The summed E-state index contributed by atoms with van der Waals surface area (Å²) in [5.41, 5.74) is 1.03. The van der Waals surface area contributed by atoms with Gasteiger partial charge in [0.05, 0.1) is 0 Å². The molecule has 0 atom stereocenters. The van der Waals surface area contributed by atoms with Crippen LogP contribution in [-0.2, 0) is 0 Å². The molecule has 0 aliphatic carbocycles. The zero-order valence-corrected chi connectivity index (χ0v) is 11.8. The number of phenolic OH excluding ortho intramolecular Hbond substituents is 1. The Morgan fingerprint density at radius 2 is 1.72 bits per heavy atom. The van der Waals surface area contributed by atoms with Crippen molar-refractivity contribution in [3.05, 3.63) is 64.8 Å². The van der Waals surface area contributed by atoms with Crippen LogP contribution in [-0.4, -0.2) is 25.5 Å². The van der Waals surface area contributed by atoms with Crippen molar-refractivity contribution in [3.63, 3.8) is 0 Å². The van der Waals surface area contributed by atoms with Gasteiger partial charge in [0.1, 0.15) is 0 Å². The number of fused-ring (bicyclic) bond motifs is 1. The van der Waals surface area contributed by atoms with E-state index in [0.29, 0.717) is 5.39 Å². The number of benzene rings is 2. The molecule has 3 aromatic rings. The predicted molar refractivity (Wildman–Crippen MR) is 74.3 cm³/mol. The summed E-state index contributed by atoms with van der Waals surface area (Å²) in [6.07, 6.45) is 0. The van der Waals surface area contributed by atoms with E-state index in [9.17, 15) is 9.90 Å². The first-order valence-electron chi connectivity index (χ1n) is 5.57. The van der Waals surface area contributed by atoms with Crippen LogP contribution in [0.4, 0.5) is 0 Å². The first-order valence-corrected chi connectivity index (χ1v) is 7.90. The zero-order chi connectivity index (χ0) is 12.5. The molecule has 88 valence electrons. The van der Waals surface area contributed by atoms with Crippen LogP contribution >= 0.6 is 0 Å². The SMILES string of the molecule is O=c1cc(-c2ccccc2)[te]c2cccc(O)c12. The number of rotatable bonds is 1. The molecule has 0 fully saturated rings. The van der Waals surface area contributed by atoms with Gasteiger partial charge in [-0.2, -0.15) is 0 Å². The molecule has 3 heteroatoms. The topological polar surface area (TPSA) is 37.3 Å². The maximum absolute atomic E-state index is 12.1. The fourth-order valence-electron chi connectivity index (χ4n) is 1.94. The molecule has 0 saturated heterocycles. The molecular weight excluding hydrogens is 340 g/mol. The first-order chi connectivity index (χ1) is 8.75. The number of aromatic hydroxyl groups is 1. The Hall–Kier alpha value is -1.56. The van der Waals surface area contributed by atoms with Gasteiger partial charge in [-0.3, -0.25) is 0 Å². The average Bonchev–Trinajstić information content (AvgIpc) is 2.39.